The summed E-state index contributed by atoms with van der Waals surface area (Å²) < 4.78 is 7.24. The molecule has 0 aliphatic carbocycles. The van der Waals surface area contributed by atoms with Gasteiger partial charge in [-0.15, -0.1) is 0 Å². The van der Waals surface area contributed by atoms with Crippen molar-refractivity contribution in [3.63, 3.8) is 0 Å². The predicted molar refractivity (Wildman–Crippen MR) is 86.4 cm³/mol. The van der Waals surface area contributed by atoms with E-state index in [4.69, 9.17) is 4.74 Å². The molecule has 3 heteroatoms. The van der Waals surface area contributed by atoms with Crippen molar-refractivity contribution >= 4 is 21.6 Å². The van der Waals surface area contributed by atoms with E-state index in [9.17, 15) is 0 Å². The molecule has 2 aromatic carbocycles. The van der Waals surface area contributed by atoms with E-state index in [0.717, 1.165) is 22.3 Å². The molecular formula is C17H18BrNO. The van der Waals surface area contributed by atoms with E-state index >= 15 is 0 Å². The maximum atomic E-state index is 6.18. The Morgan fingerprint density at radius 2 is 1.90 bits per heavy atom. The summed E-state index contributed by atoms with van der Waals surface area (Å²) >= 11 is 3.49. The minimum Gasteiger partial charge on any atom is -0.481 e. The number of benzene rings is 2. The monoisotopic (exact) mass is 331 g/mol. The SMILES string of the molecule is CCc1ccc(C2Oc3ccc(Br)cc3NC2C)cc1. The Balaban J connectivity index is 1.89. The molecule has 0 saturated carbocycles. The lowest BCUT2D eigenvalue weighted by molar-refractivity contribution is 0.177. The summed E-state index contributed by atoms with van der Waals surface area (Å²) in [7, 11) is 0. The van der Waals surface area contributed by atoms with Gasteiger partial charge in [0.05, 0.1) is 11.7 Å². The van der Waals surface area contributed by atoms with Gasteiger partial charge in [-0.1, -0.05) is 47.1 Å². The first kappa shape index (κ1) is 13.5. The third kappa shape index (κ3) is 2.55. The Morgan fingerprint density at radius 1 is 1.15 bits per heavy atom. The molecule has 20 heavy (non-hydrogen) atoms. The van der Waals surface area contributed by atoms with Crippen LogP contribution in [0.4, 0.5) is 5.69 Å². The molecule has 0 saturated heterocycles. The number of anilines is 1. The number of halogens is 1. The number of aryl methyl sites for hydroxylation is 1. The molecule has 0 aromatic heterocycles. The van der Waals surface area contributed by atoms with Crippen molar-refractivity contribution in [3.05, 3.63) is 58.1 Å². The molecule has 0 radical (unpaired) electrons. The van der Waals surface area contributed by atoms with Crippen molar-refractivity contribution in [2.24, 2.45) is 0 Å². The summed E-state index contributed by atoms with van der Waals surface area (Å²) in [5.41, 5.74) is 3.62. The van der Waals surface area contributed by atoms with Crippen molar-refractivity contribution in [2.45, 2.75) is 32.4 Å². The summed E-state index contributed by atoms with van der Waals surface area (Å²) in [6.07, 6.45) is 1.12. The molecule has 0 spiro atoms. The van der Waals surface area contributed by atoms with Crippen LogP contribution in [0.5, 0.6) is 5.75 Å². The third-order valence-electron chi connectivity index (χ3n) is 3.75. The van der Waals surface area contributed by atoms with Crippen molar-refractivity contribution in [3.8, 4) is 5.75 Å². The first-order valence-corrected chi connectivity index (χ1v) is 7.78. The average Bonchev–Trinajstić information content (AvgIpc) is 2.46. The maximum Gasteiger partial charge on any atom is 0.144 e. The molecular weight excluding hydrogens is 314 g/mol. The highest BCUT2D eigenvalue weighted by Gasteiger charge is 2.27. The van der Waals surface area contributed by atoms with E-state index in [1.807, 2.05) is 12.1 Å². The van der Waals surface area contributed by atoms with Crippen LogP contribution in [0.1, 0.15) is 31.1 Å². The summed E-state index contributed by atoms with van der Waals surface area (Å²) in [4.78, 5) is 0. The summed E-state index contributed by atoms with van der Waals surface area (Å²) in [5.74, 6) is 0.913. The van der Waals surface area contributed by atoms with Gasteiger partial charge in [0.1, 0.15) is 11.9 Å². The Morgan fingerprint density at radius 3 is 2.60 bits per heavy atom. The molecule has 2 aromatic rings. The van der Waals surface area contributed by atoms with Gasteiger partial charge in [-0.2, -0.15) is 0 Å². The standard InChI is InChI=1S/C17H18BrNO/c1-3-12-4-6-13(7-5-12)17-11(2)19-15-10-14(18)8-9-16(15)20-17/h4-11,17,19H,3H2,1-2H3. The molecule has 1 N–H and O–H groups in total. The fourth-order valence-corrected chi connectivity index (χ4v) is 2.94. The van der Waals surface area contributed by atoms with E-state index in [1.165, 1.54) is 11.1 Å². The van der Waals surface area contributed by atoms with Gasteiger partial charge in [-0.05, 0) is 42.7 Å². The van der Waals surface area contributed by atoms with Gasteiger partial charge >= 0.3 is 0 Å². The predicted octanol–water partition coefficient (Wildman–Crippen LogP) is 4.95. The number of fused-ring (bicyclic) bond motifs is 1. The Hall–Kier alpha value is -1.48. The van der Waals surface area contributed by atoms with E-state index < -0.39 is 0 Å². The van der Waals surface area contributed by atoms with E-state index in [1.54, 1.807) is 0 Å². The normalized spacial score (nSPS) is 20.8. The van der Waals surface area contributed by atoms with Gasteiger partial charge in [0.2, 0.25) is 0 Å². The first-order chi connectivity index (χ1) is 9.67. The van der Waals surface area contributed by atoms with Gasteiger partial charge in [0.25, 0.3) is 0 Å². The van der Waals surface area contributed by atoms with Crippen LogP contribution in [0, 0.1) is 0 Å². The molecule has 1 aliphatic heterocycles. The number of hydrogen-bond acceptors (Lipinski definition) is 2. The van der Waals surface area contributed by atoms with Crippen LogP contribution in [0.3, 0.4) is 0 Å². The van der Waals surface area contributed by atoms with Crippen molar-refractivity contribution in [1.29, 1.82) is 0 Å². The van der Waals surface area contributed by atoms with Crippen LogP contribution in [-0.2, 0) is 6.42 Å². The van der Waals surface area contributed by atoms with E-state index in [-0.39, 0.29) is 12.1 Å². The smallest absolute Gasteiger partial charge is 0.144 e. The lowest BCUT2D eigenvalue weighted by Gasteiger charge is -2.33. The van der Waals surface area contributed by atoms with E-state index in [0.29, 0.717) is 0 Å². The van der Waals surface area contributed by atoms with Crippen molar-refractivity contribution < 1.29 is 4.74 Å². The van der Waals surface area contributed by atoms with Crippen LogP contribution < -0.4 is 10.1 Å². The maximum absolute atomic E-state index is 6.18. The molecule has 1 heterocycles. The first-order valence-electron chi connectivity index (χ1n) is 6.99. The molecule has 0 bridgehead atoms. The number of nitrogens with one attached hydrogen (secondary N) is 1. The lowest BCUT2D eigenvalue weighted by Crippen LogP contribution is -2.32. The molecule has 1 aliphatic rings. The second-order valence-corrected chi connectivity index (χ2v) is 6.12. The number of hydrogen-bond donors (Lipinski definition) is 1. The summed E-state index contributed by atoms with van der Waals surface area (Å²) in [6.45, 7) is 4.33. The zero-order valence-corrected chi connectivity index (χ0v) is 13.3. The molecule has 104 valence electrons. The molecule has 2 unspecified atom stereocenters. The molecule has 0 amide bonds. The lowest BCUT2D eigenvalue weighted by atomic mass is 9.99. The van der Waals surface area contributed by atoms with Crippen molar-refractivity contribution in [2.75, 3.05) is 5.32 Å². The van der Waals surface area contributed by atoms with Gasteiger partial charge in [-0.3, -0.25) is 0 Å². The van der Waals surface area contributed by atoms with Gasteiger partial charge in [-0.25, -0.2) is 0 Å². The number of rotatable bonds is 2. The zero-order chi connectivity index (χ0) is 14.1. The van der Waals surface area contributed by atoms with Crippen LogP contribution in [-0.4, -0.2) is 6.04 Å². The summed E-state index contributed by atoms with van der Waals surface area (Å²) in [5, 5.41) is 3.52. The fraction of sp³-hybridized carbons (Fsp3) is 0.294. The van der Waals surface area contributed by atoms with E-state index in [2.05, 4.69) is 65.4 Å². The average molecular weight is 332 g/mol. The quantitative estimate of drug-likeness (QED) is 0.840. The highest BCUT2D eigenvalue weighted by atomic mass is 79.9. The van der Waals surface area contributed by atoms with Gasteiger partial charge in [0.15, 0.2) is 0 Å². The fourth-order valence-electron chi connectivity index (χ4n) is 2.58. The Bertz CT molecular complexity index is 609. The second kappa shape index (κ2) is 5.49. The second-order valence-electron chi connectivity index (χ2n) is 5.21. The molecule has 3 rings (SSSR count). The largest absolute Gasteiger partial charge is 0.481 e. The van der Waals surface area contributed by atoms with Crippen LogP contribution >= 0.6 is 15.9 Å². The summed E-state index contributed by atoms with van der Waals surface area (Å²) in [6, 6.07) is 15.0. The van der Waals surface area contributed by atoms with Crippen molar-refractivity contribution in [1.82, 2.24) is 0 Å². The highest BCUT2D eigenvalue weighted by Crippen LogP contribution is 2.38. The van der Waals surface area contributed by atoms with Crippen LogP contribution in [0.15, 0.2) is 46.9 Å². The van der Waals surface area contributed by atoms with Crippen LogP contribution in [0.25, 0.3) is 0 Å². The van der Waals surface area contributed by atoms with Gasteiger partial charge in [0, 0.05) is 4.47 Å². The highest BCUT2D eigenvalue weighted by molar-refractivity contribution is 9.10. The zero-order valence-electron chi connectivity index (χ0n) is 11.7. The Labute approximate surface area is 128 Å². The molecule has 2 nitrogen and oxygen atoms in total. The topological polar surface area (TPSA) is 21.3 Å². The minimum absolute atomic E-state index is 0.0505. The van der Waals surface area contributed by atoms with Crippen LogP contribution in [0.2, 0.25) is 0 Å². The van der Waals surface area contributed by atoms with Gasteiger partial charge < -0.3 is 10.1 Å². The molecule has 2 atom stereocenters. The third-order valence-corrected chi connectivity index (χ3v) is 4.24. The molecule has 0 fully saturated rings. The number of ether oxygens (including phenoxy) is 1. The minimum atomic E-state index is 0.0505. The Kier molecular flexibility index (Phi) is 3.70.